The smallest absolute Gasteiger partial charge is 0.193 e. The van der Waals surface area contributed by atoms with E-state index in [2.05, 4.69) is 4.90 Å². The monoisotopic (exact) mass is 244 g/mol. The molecule has 5 heteroatoms. The summed E-state index contributed by atoms with van der Waals surface area (Å²) in [6.45, 7) is 5.01. The maximum absolute atomic E-state index is 5.77. The fourth-order valence-electron chi connectivity index (χ4n) is 1.92. The molecule has 16 heavy (non-hydrogen) atoms. The van der Waals surface area contributed by atoms with E-state index in [-0.39, 0.29) is 5.92 Å². The van der Waals surface area contributed by atoms with E-state index in [0.29, 0.717) is 11.8 Å². The first-order chi connectivity index (χ1) is 7.79. The van der Waals surface area contributed by atoms with Gasteiger partial charge < -0.3 is 14.9 Å². The quantitative estimate of drug-likeness (QED) is 0.868. The molecule has 1 aromatic heterocycles. The van der Waals surface area contributed by atoms with Gasteiger partial charge in [-0.1, -0.05) is 0 Å². The molecule has 1 aromatic rings. The lowest BCUT2D eigenvalue weighted by Crippen LogP contribution is -2.40. The van der Waals surface area contributed by atoms with Gasteiger partial charge >= 0.3 is 0 Å². The Bertz CT molecular complexity index is 324. The van der Waals surface area contributed by atoms with Gasteiger partial charge in [-0.05, 0) is 23.7 Å². The molecule has 2 rings (SSSR count). The average Bonchev–Trinajstić information content (AvgIpc) is 2.74. The molecular formula is C11H17ClN2O2. The first kappa shape index (κ1) is 11.9. The van der Waals surface area contributed by atoms with Gasteiger partial charge in [-0.3, -0.25) is 4.90 Å². The molecule has 0 radical (unpaired) electrons. The molecule has 0 saturated carbocycles. The highest BCUT2D eigenvalue weighted by Crippen LogP contribution is 2.22. The van der Waals surface area contributed by atoms with E-state index in [1.807, 2.05) is 6.07 Å². The largest absolute Gasteiger partial charge is 0.449 e. The molecule has 0 aromatic carbocycles. The molecule has 1 unspecified atom stereocenters. The van der Waals surface area contributed by atoms with E-state index in [4.69, 9.17) is 26.5 Å². The van der Waals surface area contributed by atoms with Crippen LogP contribution in [-0.4, -0.2) is 44.3 Å². The maximum Gasteiger partial charge on any atom is 0.193 e. The first-order valence-corrected chi connectivity index (χ1v) is 5.93. The number of furan rings is 1. The lowest BCUT2D eigenvalue weighted by atomic mass is 10.1. The highest BCUT2D eigenvalue weighted by atomic mass is 35.5. The fraction of sp³-hybridized carbons (Fsp3) is 0.636. The number of ether oxygens (including phenoxy) is 1. The number of hydrogen-bond donors (Lipinski definition) is 1. The van der Waals surface area contributed by atoms with Gasteiger partial charge in [0, 0.05) is 32.1 Å². The highest BCUT2D eigenvalue weighted by Gasteiger charge is 2.19. The van der Waals surface area contributed by atoms with Crippen LogP contribution in [-0.2, 0) is 4.74 Å². The molecule has 0 bridgehead atoms. The van der Waals surface area contributed by atoms with Crippen LogP contribution in [0.2, 0.25) is 5.22 Å². The summed E-state index contributed by atoms with van der Waals surface area (Å²) < 4.78 is 10.7. The van der Waals surface area contributed by atoms with Crippen molar-refractivity contribution in [1.82, 2.24) is 4.90 Å². The van der Waals surface area contributed by atoms with Crippen LogP contribution in [0.1, 0.15) is 11.7 Å². The van der Waals surface area contributed by atoms with Crippen molar-refractivity contribution in [2.24, 2.45) is 5.73 Å². The molecule has 0 aliphatic carbocycles. The topological polar surface area (TPSA) is 51.6 Å². The van der Waals surface area contributed by atoms with Crippen LogP contribution in [0, 0.1) is 0 Å². The molecule has 1 aliphatic rings. The third-order valence-corrected chi connectivity index (χ3v) is 3.07. The fourth-order valence-corrected chi connectivity index (χ4v) is 2.08. The Morgan fingerprint density at radius 3 is 2.69 bits per heavy atom. The van der Waals surface area contributed by atoms with Crippen molar-refractivity contribution in [3.63, 3.8) is 0 Å². The van der Waals surface area contributed by atoms with Crippen LogP contribution in [0.5, 0.6) is 0 Å². The Balaban J connectivity index is 1.94. The van der Waals surface area contributed by atoms with Crippen LogP contribution in [0.15, 0.2) is 16.5 Å². The van der Waals surface area contributed by atoms with Crippen molar-refractivity contribution in [2.45, 2.75) is 5.92 Å². The third-order valence-electron chi connectivity index (χ3n) is 2.86. The predicted octanol–water partition coefficient (Wildman–Crippen LogP) is 1.31. The third kappa shape index (κ3) is 2.98. The van der Waals surface area contributed by atoms with Crippen LogP contribution < -0.4 is 5.73 Å². The van der Waals surface area contributed by atoms with E-state index in [1.54, 1.807) is 6.07 Å². The summed E-state index contributed by atoms with van der Waals surface area (Å²) in [5, 5.41) is 0.426. The number of halogens is 1. The zero-order valence-electron chi connectivity index (χ0n) is 9.19. The summed E-state index contributed by atoms with van der Waals surface area (Å²) in [7, 11) is 0. The minimum atomic E-state index is 0.214. The van der Waals surface area contributed by atoms with Gasteiger partial charge in [0.2, 0.25) is 0 Å². The van der Waals surface area contributed by atoms with Crippen molar-refractivity contribution in [2.75, 3.05) is 39.4 Å². The number of nitrogens with two attached hydrogens (primary N) is 1. The molecule has 1 fully saturated rings. The van der Waals surface area contributed by atoms with Gasteiger partial charge in [-0.15, -0.1) is 0 Å². The van der Waals surface area contributed by atoms with Crippen LogP contribution >= 0.6 is 11.6 Å². The molecular weight excluding hydrogens is 228 g/mol. The van der Waals surface area contributed by atoms with E-state index >= 15 is 0 Å². The van der Waals surface area contributed by atoms with Crippen molar-refractivity contribution in [3.05, 3.63) is 23.1 Å². The molecule has 0 amide bonds. The van der Waals surface area contributed by atoms with Crippen molar-refractivity contribution in [1.29, 1.82) is 0 Å². The van der Waals surface area contributed by atoms with Gasteiger partial charge in [0.15, 0.2) is 5.22 Å². The van der Waals surface area contributed by atoms with Crippen molar-refractivity contribution < 1.29 is 9.15 Å². The Kier molecular flexibility index (Phi) is 4.23. The predicted molar refractivity (Wildman–Crippen MR) is 62.8 cm³/mol. The second-order valence-electron chi connectivity index (χ2n) is 3.99. The Morgan fingerprint density at radius 1 is 1.38 bits per heavy atom. The molecule has 2 heterocycles. The summed E-state index contributed by atoms with van der Waals surface area (Å²) in [6, 6.07) is 3.67. The second-order valence-corrected chi connectivity index (χ2v) is 4.36. The normalized spacial score (nSPS) is 19.9. The molecule has 1 saturated heterocycles. The molecule has 2 N–H and O–H groups in total. The van der Waals surface area contributed by atoms with Crippen LogP contribution in [0.3, 0.4) is 0 Å². The van der Waals surface area contributed by atoms with E-state index < -0.39 is 0 Å². The second kappa shape index (κ2) is 5.68. The molecule has 1 atom stereocenters. The molecule has 0 spiro atoms. The lowest BCUT2D eigenvalue weighted by Gasteiger charge is -2.29. The molecule has 4 nitrogen and oxygen atoms in total. The number of rotatable bonds is 4. The summed E-state index contributed by atoms with van der Waals surface area (Å²) in [6.07, 6.45) is 0. The van der Waals surface area contributed by atoms with Crippen LogP contribution in [0.4, 0.5) is 0 Å². The van der Waals surface area contributed by atoms with Crippen molar-refractivity contribution in [3.8, 4) is 0 Å². The molecule has 90 valence electrons. The number of hydrogen-bond acceptors (Lipinski definition) is 4. The van der Waals surface area contributed by atoms with E-state index in [9.17, 15) is 0 Å². The van der Waals surface area contributed by atoms with E-state index in [0.717, 1.165) is 38.6 Å². The Hall–Kier alpha value is -0.550. The van der Waals surface area contributed by atoms with Crippen molar-refractivity contribution >= 4 is 11.6 Å². The van der Waals surface area contributed by atoms with Gasteiger partial charge in [-0.25, -0.2) is 0 Å². The Labute approximate surface area is 100 Å². The number of morpholine rings is 1. The minimum absolute atomic E-state index is 0.214. The first-order valence-electron chi connectivity index (χ1n) is 5.55. The zero-order valence-corrected chi connectivity index (χ0v) is 9.95. The highest BCUT2D eigenvalue weighted by molar-refractivity contribution is 6.28. The Morgan fingerprint density at radius 2 is 2.12 bits per heavy atom. The van der Waals surface area contributed by atoms with Gasteiger partial charge in [0.1, 0.15) is 5.76 Å². The number of nitrogens with zero attached hydrogens (tertiary/aromatic N) is 1. The summed E-state index contributed by atoms with van der Waals surface area (Å²) in [5.74, 6) is 1.09. The summed E-state index contributed by atoms with van der Waals surface area (Å²) in [5.41, 5.74) is 5.77. The van der Waals surface area contributed by atoms with Gasteiger partial charge in [-0.2, -0.15) is 0 Å². The minimum Gasteiger partial charge on any atom is -0.449 e. The summed E-state index contributed by atoms with van der Waals surface area (Å²) in [4.78, 5) is 2.34. The maximum atomic E-state index is 5.77. The SMILES string of the molecule is NCC(CN1CCOCC1)c1ccc(Cl)o1. The lowest BCUT2D eigenvalue weighted by molar-refractivity contribution is 0.0344. The molecule has 1 aliphatic heterocycles. The average molecular weight is 245 g/mol. The van der Waals surface area contributed by atoms with E-state index in [1.165, 1.54) is 0 Å². The standard InChI is InChI=1S/C11H17ClN2O2/c12-11-2-1-10(16-11)9(7-13)8-14-3-5-15-6-4-14/h1-2,9H,3-8,13H2. The van der Waals surface area contributed by atoms with Gasteiger partial charge in [0.05, 0.1) is 13.2 Å². The zero-order chi connectivity index (χ0) is 11.4. The van der Waals surface area contributed by atoms with Crippen LogP contribution in [0.25, 0.3) is 0 Å². The van der Waals surface area contributed by atoms with Gasteiger partial charge in [0.25, 0.3) is 0 Å². The summed E-state index contributed by atoms with van der Waals surface area (Å²) >= 11 is 5.76.